The fraction of sp³-hybridized carbons (Fsp3) is 0.462. The topological polar surface area (TPSA) is 95.6 Å². The molecular weight excluding hydrogens is 450 g/mol. The second-order valence-corrected chi connectivity index (χ2v) is 11.2. The number of sulfonamides is 1. The zero-order valence-electron chi connectivity index (χ0n) is 20.6. The van der Waals surface area contributed by atoms with Crippen LogP contribution in [-0.4, -0.2) is 32.8 Å². The van der Waals surface area contributed by atoms with Gasteiger partial charge in [0.15, 0.2) is 0 Å². The van der Waals surface area contributed by atoms with Gasteiger partial charge in [0.2, 0.25) is 21.8 Å². The fourth-order valence-corrected chi connectivity index (χ4v) is 5.37. The van der Waals surface area contributed by atoms with Gasteiger partial charge in [-0.2, -0.15) is 4.72 Å². The number of carbonyl (C=O) groups excluding carboxylic acids is 2. The molecule has 184 valence electrons. The molecule has 1 heterocycles. The van der Waals surface area contributed by atoms with Gasteiger partial charge < -0.3 is 10.2 Å². The first-order valence-electron chi connectivity index (χ1n) is 11.9. The van der Waals surface area contributed by atoms with E-state index in [1.807, 2.05) is 45.0 Å². The number of carbonyl (C=O) groups is 2. The van der Waals surface area contributed by atoms with Gasteiger partial charge >= 0.3 is 0 Å². The average molecular weight is 486 g/mol. The predicted molar refractivity (Wildman–Crippen MR) is 136 cm³/mol. The summed E-state index contributed by atoms with van der Waals surface area (Å²) in [5, 5.41) is 2.84. The molecule has 1 aliphatic rings. The van der Waals surface area contributed by atoms with Crippen LogP contribution in [0.15, 0.2) is 47.4 Å². The quantitative estimate of drug-likeness (QED) is 0.549. The van der Waals surface area contributed by atoms with E-state index in [0.717, 1.165) is 16.8 Å². The molecule has 2 amide bonds. The van der Waals surface area contributed by atoms with Crippen LogP contribution < -0.4 is 14.9 Å². The van der Waals surface area contributed by atoms with Gasteiger partial charge in [-0.1, -0.05) is 46.8 Å². The Labute approximate surface area is 203 Å². The molecule has 0 saturated heterocycles. The Kier molecular flexibility index (Phi) is 8.15. The van der Waals surface area contributed by atoms with Crippen LogP contribution in [0.1, 0.15) is 64.5 Å². The number of rotatable bonds is 9. The lowest BCUT2D eigenvalue weighted by atomic mass is 10.0. The first kappa shape index (κ1) is 25.9. The Hall–Kier alpha value is -2.71. The van der Waals surface area contributed by atoms with Gasteiger partial charge in [-0.05, 0) is 66.1 Å². The minimum Gasteiger partial charge on any atom is -0.325 e. The summed E-state index contributed by atoms with van der Waals surface area (Å²) in [5.74, 6) is 0.109. The van der Waals surface area contributed by atoms with Crippen LogP contribution in [-0.2, 0) is 26.0 Å². The molecule has 0 fully saturated rings. The molecule has 0 spiro atoms. The molecular formula is C26H35N3O4S. The van der Waals surface area contributed by atoms with Crippen molar-refractivity contribution in [1.29, 1.82) is 0 Å². The number of nitrogens with zero attached hydrogens (tertiary/aromatic N) is 1. The average Bonchev–Trinajstić information content (AvgIpc) is 3.21. The van der Waals surface area contributed by atoms with E-state index >= 15 is 0 Å². The first-order chi connectivity index (χ1) is 16.0. The van der Waals surface area contributed by atoms with E-state index in [1.54, 1.807) is 17.0 Å². The Morgan fingerprint density at radius 2 is 1.71 bits per heavy atom. The second-order valence-electron chi connectivity index (χ2n) is 9.51. The van der Waals surface area contributed by atoms with Crippen LogP contribution >= 0.6 is 0 Å². The molecule has 0 aliphatic carbocycles. The SMILES string of the molecule is CCC(=O)N1CCc2cc(S(=O)(=O)NC(CC(C)C)C(=O)Nc3ccc(C(C)C)cc3)ccc21. The van der Waals surface area contributed by atoms with Gasteiger partial charge in [0, 0.05) is 24.3 Å². The lowest BCUT2D eigenvalue weighted by Gasteiger charge is -2.21. The molecule has 34 heavy (non-hydrogen) atoms. The summed E-state index contributed by atoms with van der Waals surface area (Å²) in [6, 6.07) is 11.4. The summed E-state index contributed by atoms with van der Waals surface area (Å²) in [7, 11) is -3.94. The largest absolute Gasteiger partial charge is 0.325 e. The fourth-order valence-electron chi connectivity index (χ4n) is 4.11. The van der Waals surface area contributed by atoms with Crippen LogP contribution in [0.2, 0.25) is 0 Å². The Morgan fingerprint density at radius 1 is 1.03 bits per heavy atom. The van der Waals surface area contributed by atoms with E-state index in [0.29, 0.717) is 37.4 Å². The molecule has 8 heteroatoms. The highest BCUT2D eigenvalue weighted by Crippen LogP contribution is 2.31. The van der Waals surface area contributed by atoms with E-state index in [-0.39, 0.29) is 16.7 Å². The molecule has 7 nitrogen and oxygen atoms in total. The molecule has 0 radical (unpaired) electrons. The lowest BCUT2D eigenvalue weighted by molar-refractivity contribution is -0.118. The third-order valence-corrected chi connectivity index (χ3v) is 7.50. The molecule has 1 atom stereocenters. The summed E-state index contributed by atoms with van der Waals surface area (Å²) in [6.45, 7) is 10.4. The molecule has 2 N–H and O–H groups in total. The monoisotopic (exact) mass is 485 g/mol. The second kappa shape index (κ2) is 10.7. The van der Waals surface area contributed by atoms with Crippen molar-refractivity contribution in [2.75, 3.05) is 16.8 Å². The molecule has 2 aromatic rings. The number of hydrogen-bond donors (Lipinski definition) is 2. The van der Waals surface area contributed by atoms with E-state index < -0.39 is 22.0 Å². The Morgan fingerprint density at radius 3 is 2.29 bits per heavy atom. The van der Waals surface area contributed by atoms with Crippen molar-refractivity contribution in [3.8, 4) is 0 Å². The maximum absolute atomic E-state index is 13.2. The number of anilines is 2. The van der Waals surface area contributed by atoms with Gasteiger partial charge in [-0.25, -0.2) is 8.42 Å². The van der Waals surface area contributed by atoms with Gasteiger partial charge in [0.25, 0.3) is 0 Å². The van der Waals surface area contributed by atoms with E-state index in [9.17, 15) is 18.0 Å². The Bertz CT molecular complexity index is 1140. The van der Waals surface area contributed by atoms with Gasteiger partial charge in [0.05, 0.1) is 4.90 Å². The third-order valence-electron chi connectivity index (χ3n) is 6.03. The van der Waals surface area contributed by atoms with Crippen molar-refractivity contribution in [2.24, 2.45) is 5.92 Å². The predicted octanol–water partition coefficient (Wildman–Crippen LogP) is 4.44. The first-order valence-corrected chi connectivity index (χ1v) is 13.4. The van der Waals surface area contributed by atoms with E-state index in [4.69, 9.17) is 0 Å². The highest BCUT2D eigenvalue weighted by molar-refractivity contribution is 7.89. The molecule has 0 bridgehead atoms. The number of benzene rings is 2. The minimum absolute atomic E-state index is 0.0163. The van der Waals surface area contributed by atoms with Crippen LogP contribution in [0.25, 0.3) is 0 Å². The van der Waals surface area contributed by atoms with Gasteiger partial charge in [-0.3, -0.25) is 9.59 Å². The van der Waals surface area contributed by atoms with Crippen LogP contribution in [0.4, 0.5) is 11.4 Å². The van der Waals surface area contributed by atoms with Crippen molar-refractivity contribution in [2.45, 2.75) is 70.7 Å². The summed E-state index contributed by atoms with van der Waals surface area (Å²) in [4.78, 5) is 27.0. The summed E-state index contributed by atoms with van der Waals surface area (Å²) < 4.78 is 29.0. The zero-order chi connectivity index (χ0) is 25.0. The van der Waals surface area contributed by atoms with Crippen molar-refractivity contribution in [1.82, 2.24) is 4.72 Å². The lowest BCUT2D eigenvalue weighted by Crippen LogP contribution is -2.44. The number of amides is 2. The van der Waals surface area contributed by atoms with Crippen molar-refractivity contribution < 1.29 is 18.0 Å². The number of nitrogens with one attached hydrogen (secondary N) is 2. The molecule has 1 unspecified atom stereocenters. The molecule has 1 aliphatic heterocycles. The molecule has 0 aromatic heterocycles. The normalized spacial score (nSPS) is 14.4. The maximum Gasteiger partial charge on any atom is 0.242 e. The zero-order valence-corrected chi connectivity index (χ0v) is 21.4. The minimum atomic E-state index is -3.94. The van der Waals surface area contributed by atoms with Gasteiger partial charge in [0.1, 0.15) is 6.04 Å². The number of hydrogen-bond acceptors (Lipinski definition) is 4. The highest BCUT2D eigenvalue weighted by Gasteiger charge is 2.29. The van der Waals surface area contributed by atoms with Crippen molar-refractivity contribution in [3.05, 3.63) is 53.6 Å². The third kappa shape index (κ3) is 6.04. The van der Waals surface area contributed by atoms with Crippen molar-refractivity contribution in [3.63, 3.8) is 0 Å². The highest BCUT2D eigenvalue weighted by atomic mass is 32.2. The van der Waals surface area contributed by atoms with Crippen LogP contribution in [0.3, 0.4) is 0 Å². The summed E-state index contributed by atoms with van der Waals surface area (Å²) >= 11 is 0. The molecule has 2 aromatic carbocycles. The number of fused-ring (bicyclic) bond motifs is 1. The standard InChI is InChI=1S/C26H35N3O4S/c1-6-25(30)29-14-13-20-16-22(11-12-24(20)29)34(32,33)28-23(15-17(2)3)26(31)27-21-9-7-19(8-10-21)18(4)5/h7-12,16-18,23,28H,6,13-15H2,1-5H3,(H,27,31). The van der Waals surface area contributed by atoms with Crippen LogP contribution in [0, 0.1) is 5.92 Å². The van der Waals surface area contributed by atoms with Crippen molar-refractivity contribution >= 4 is 33.2 Å². The van der Waals surface area contributed by atoms with Crippen LogP contribution in [0.5, 0.6) is 0 Å². The smallest absolute Gasteiger partial charge is 0.242 e. The summed E-state index contributed by atoms with van der Waals surface area (Å²) in [5.41, 5.74) is 3.36. The van der Waals surface area contributed by atoms with E-state index in [2.05, 4.69) is 23.9 Å². The summed E-state index contributed by atoms with van der Waals surface area (Å²) in [6.07, 6.45) is 1.36. The maximum atomic E-state index is 13.2. The van der Waals surface area contributed by atoms with E-state index in [1.165, 1.54) is 6.07 Å². The Balaban J connectivity index is 1.78. The molecule has 3 rings (SSSR count). The molecule has 0 saturated carbocycles. The van der Waals surface area contributed by atoms with Gasteiger partial charge in [-0.15, -0.1) is 0 Å².